The quantitative estimate of drug-likeness (QED) is 0.427. The molecule has 0 saturated heterocycles. The van der Waals surface area contributed by atoms with Crippen molar-refractivity contribution in [3.05, 3.63) is 0 Å². The summed E-state index contributed by atoms with van der Waals surface area (Å²) in [4.78, 5) is 0. The van der Waals surface area contributed by atoms with Crippen molar-refractivity contribution in [2.45, 2.75) is 77.4 Å². The largest absolute Gasteiger partial charge is 0.227 e. The molecular formula is C15H30NS+. The highest BCUT2D eigenvalue weighted by atomic mass is 32.2. The molecule has 0 spiro atoms. The number of hydrogen-bond donors (Lipinski definition) is 0. The van der Waals surface area contributed by atoms with Gasteiger partial charge in [0.15, 0.2) is 6.54 Å². The lowest BCUT2D eigenvalue weighted by molar-refractivity contribution is -0.521. The van der Waals surface area contributed by atoms with Crippen LogP contribution in [0.15, 0.2) is 0 Å². The molecule has 0 amide bonds. The van der Waals surface area contributed by atoms with E-state index >= 15 is 0 Å². The summed E-state index contributed by atoms with van der Waals surface area (Å²) >= 11 is 2.05. The average Bonchev–Trinajstić information content (AvgIpc) is 2.61. The molecule has 0 radical (unpaired) electrons. The first-order valence-corrected chi connectivity index (χ1v) is 8.37. The van der Waals surface area contributed by atoms with Gasteiger partial charge in [-0.3, -0.25) is 0 Å². The van der Waals surface area contributed by atoms with Crippen molar-refractivity contribution in [3.63, 3.8) is 0 Å². The Labute approximate surface area is 112 Å². The van der Waals surface area contributed by atoms with Gasteiger partial charge in [-0.2, -0.15) is 0 Å². The standard InChI is InChI=1S/C15H30NS/c1-4-5-6-7-8-9-10-11-12-16-13-14(2)17-15(16)3/h14H,4-13H2,1-3H3/q+1. The van der Waals surface area contributed by atoms with Gasteiger partial charge in [0.05, 0.1) is 5.25 Å². The molecule has 0 aliphatic carbocycles. The fourth-order valence-corrected chi connectivity index (χ4v) is 3.68. The van der Waals surface area contributed by atoms with Gasteiger partial charge in [0.25, 0.3) is 0 Å². The summed E-state index contributed by atoms with van der Waals surface area (Å²) in [6.07, 6.45) is 11.4. The van der Waals surface area contributed by atoms with Crippen LogP contribution >= 0.6 is 11.8 Å². The molecular weight excluding hydrogens is 226 g/mol. The summed E-state index contributed by atoms with van der Waals surface area (Å²) < 4.78 is 2.58. The maximum atomic E-state index is 2.58. The summed E-state index contributed by atoms with van der Waals surface area (Å²) in [5, 5.41) is 2.35. The van der Waals surface area contributed by atoms with Gasteiger partial charge in [-0.25, -0.2) is 4.58 Å². The van der Waals surface area contributed by atoms with E-state index in [9.17, 15) is 0 Å². The van der Waals surface area contributed by atoms with E-state index in [1.807, 2.05) is 11.8 Å². The molecule has 0 aromatic carbocycles. The van der Waals surface area contributed by atoms with Crippen LogP contribution in [0.2, 0.25) is 0 Å². The lowest BCUT2D eigenvalue weighted by atomic mass is 10.1. The molecule has 0 aromatic rings. The van der Waals surface area contributed by atoms with E-state index in [2.05, 4.69) is 25.3 Å². The van der Waals surface area contributed by atoms with Gasteiger partial charge in [0.2, 0.25) is 5.04 Å². The van der Waals surface area contributed by atoms with E-state index in [0.29, 0.717) is 0 Å². The van der Waals surface area contributed by atoms with Gasteiger partial charge >= 0.3 is 0 Å². The lowest BCUT2D eigenvalue weighted by Crippen LogP contribution is -2.17. The number of thioether (sulfide) groups is 1. The molecule has 100 valence electrons. The van der Waals surface area contributed by atoms with Crippen molar-refractivity contribution >= 4 is 16.8 Å². The normalized spacial score (nSPS) is 20.3. The molecule has 0 saturated carbocycles. The molecule has 1 aliphatic rings. The second-order valence-corrected chi connectivity index (χ2v) is 7.00. The van der Waals surface area contributed by atoms with E-state index in [1.54, 1.807) is 5.04 Å². The fourth-order valence-electron chi connectivity index (χ4n) is 2.53. The van der Waals surface area contributed by atoms with Crippen molar-refractivity contribution in [2.75, 3.05) is 13.1 Å². The van der Waals surface area contributed by atoms with Gasteiger partial charge in [0.1, 0.15) is 6.54 Å². The maximum absolute atomic E-state index is 2.58. The Bertz CT molecular complexity index is 235. The first-order chi connectivity index (χ1) is 8.24. The number of unbranched alkanes of at least 4 members (excludes halogenated alkanes) is 7. The summed E-state index contributed by atoms with van der Waals surface area (Å²) in [6.45, 7) is 9.46. The Morgan fingerprint density at radius 3 is 2.18 bits per heavy atom. The molecule has 1 rings (SSSR count). The van der Waals surface area contributed by atoms with Crippen LogP contribution in [0, 0.1) is 0 Å². The molecule has 1 nitrogen and oxygen atoms in total. The summed E-state index contributed by atoms with van der Waals surface area (Å²) in [5.41, 5.74) is 0. The molecule has 1 aliphatic heterocycles. The minimum Gasteiger partial charge on any atom is -0.227 e. The molecule has 17 heavy (non-hydrogen) atoms. The second-order valence-electron chi connectivity index (χ2n) is 5.37. The Morgan fingerprint density at radius 2 is 1.65 bits per heavy atom. The zero-order valence-electron chi connectivity index (χ0n) is 12.0. The van der Waals surface area contributed by atoms with Crippen LogP contribution in [-0.2, 0) is 0 Å². The second kappa shape index (κ2) is 9.02. The molecule has 2 heteroatoms. The number of rotatable bonds is 9. The average molecular weight is 256 g/mol. The third-order valence-corrected chi connectivity index (χ3v) is 4.73. The van der Waals surface area contributed by atoms with E-state index in [0.717, 1.165) is 5.25 Å². The smallest absolute Gasteiger partial charge is 0.207 e. The summed E-state index contributed by atoms with van der Waals surface area (Å²) in [7, 11) is 0. The molecule has 0 fully saturated rings. The summed E-state index contributed by atoms with van der Waals surface area (Å²) in [6, 6.07) is 0. The molecule has 0 N–H and O–H groups in total. The van der Waals surface area contributed by atoms with E-state index < -0.39 is 0 Å². The molecule has 0 bridgehead atoms. The Morgan fingerprint density at radius 1 is 1.06 bits per heavy atom. The summed E-state index contributed by atoms with van der Waals surface area (Å²) in [5.74, 6) is 0. The Kier molecular flexibility index (Phi) is 8.00. The Balaban J connectivity index is 1.92. The Hall–Kier alpha value is 0.0200. The van der Waals surface area contributed by atoms with Crippen LogP contribution in [-0.4, -0.2) is 28.0 Å². The van der Waals surface area contributed by atoms with E-state index in [4.69, 9.17) is 0 Å². The van der Waals surface area contributed by atoms with Gasteiger partial charge in [-0.1, -0.05) is 57.2 Å². The van der Waals surface area contributed by atoms with Crippen LogP contribution in [0.1, 0.15) is 72.1 Å². The maximum Gasteiger partial charge on any atom is 0.207 e. The van der Waals surface area contributed by atoms with Crippen LogP contribution in [0.4, 0.5) is 0 Å². The van der Waals surface area contributed by atoms with Crippen molar-refractivity contribution < 1.29 is 4.58 Å². The van der Waals surface area contributed by atoms with Crippen LogP contribution in [0.5, 0.6) is 0 Å². The topological polar surface area (TPSA) is 3.01 Å². The highest BCUT2D eigenvalue weighted by Gasteiger charge is 2.24. The predicted molar refractivity (Wildman–Crippen MR) is 80.3 cm³/mol. The van der Waals surface area contributed by atoms with E-state index in [-0.39, 0.29) is 0 Å². The van der Waals surface area contributed by atoms with Gasteiger partial charge in [-0.15, -0.1) is 0 Å². The first kappa shape index (κ1) is 15.1. The van der Waals surface area contributed by atoms with Crippen LogP contribution in [0.25, 0.3) is 0 Å². The van der Waals surface area contributed by atoms with Crippen molar-refractivity contribution in [2.24, 2.45) is 0 Å². The predicted octanol–water partition coefficient (Wildman–Crippen LogP) is 4.69. The third-order valence-electron chi connectivity index (χ3n) is 3.58. The minimum absolute atomic E-state index is 0.809. The lowest BCUT2D eigenvalue weighted by Gasteiger charge is -2.02. The van der Waals surface area contributed by atoms with Gasteiger partial charge < -0.3 is 0 Å². The SMILES string of the molecule is CCCCCCCCCC[N+]1=C(C)SC(C)C1. The highest BCUT2D eigenvalue weighted by molar-refractivity contribution is 8.14. The number of nitrogens with zero attached hydrogens (tertiary/aromatic N) is 1. The number of hydrogen-bond acceptors (Lipinski definition) is 1. The molecule has 1 unspecified atom stereocenters. The first-order valence-electron chi connectivity index (χ1n) is 7.49. The molecule has 1 heterocycles. The third kappa shape index (κ3) is 6.49. The van der Waals surface area contributed by atoms with Gasteiger partial charge in [0, 0.05) is 13.3 Å². The van der Waals surface area contributed by atoms with Crippen molar-refractivity contribution in [1.29, 1.82) is 0 Å². The monoisotopic (exact) mass is 256 g/mol. The fraction of sp³-hybridized carbons (Fsp3) is 0.933. The van der Waals surface area contributed by atoms with Crippen molar-refractivity contribution in [1.82, 2.24) is 0 Å². The highest BCUT2D eigenvalue weighted by Crippen LogP contribution is 2.20. The molecule has 0 aromatic heterocycles. The van der Waals surface area contributed by atoms with Crippen LogP contribution in [0.3, 0.4) is 0 Å². The van der Waals surface area contributed by atoms with Crippen molar-refractivity contribution in [3.8, 4) is 0 Å². The zero-order valence-corrected chi connectivity index (χ0v) is 12.8. The van der Waals surface area contributed by atoms with Gasteiger partial charge in [-0.05, 0) is 13.3 Å². The van der Waals surface area contributed by atoms with Crippen LogP contribution < -0.4 is 0 Å². The van der Waals surface area contributed by atoms with E-state index in [1.165, 1.54) is 64.5 Å². The molecule has 1 atom stereocenters. The zero-order chi connectivity index (χ0) is 12.5. The minimum atomic E-state index is 0.809.